The molecule has 0 aromatic carbocycles. The zero-order valence-corrected chi connectivity index (χ0v) is 10.3. The van der Waals surface area contributed by atoms with Gasteiger partial charge in [0, 0.05) is 18.6 Å². The van der Waals surface area contributed by atoms with Gasteiger partial charge in [-0.3, -0.25) is 9.59 Å². The number of hydrogen-bond acceptors (Lipinski definition) is 4. The van der Waals surface area contributed by atoms with Gasteiger partial charge in [-0.1, -0.05) is 0 Å². The molecule has 6 nitrogen and oxygen atoms in total. The molecule has 2 amide bonds. The van der Waals surface area contributed by atoms with Crippen LogP contribution >= 0.6 is 0 Å². The largest absolute Gasteiger partial charge is 0.377 e. The van der Waals surface area contributed by atoms with Crippen molar-refractivity contribution in [1.29, 1.82) is 0 Å². The summed E-state index contributed by atoms with van der Waals surface area (Å²) in [4.78, 5) is 25.5. The average molecular weight is 253 g/mol. The Morgan fingerprint density at radius 3 is 2.78 bits per heavy atom. The number of nitrogens with zero attached hydrogens (tertiary/aromatic N) is 1. The number of carbonyl (C=O) groups is 2. The van der Waals surface area contributed by atoms with E-state index in [1.807, 2.05) is 0 Å². The van der Waals surface area contributed by atoms with Crippen LogP contribution in [0.15, 0.2) is 0 Å². The van der Waals surface area contributed by atoms with E-state index in [0.717, 1.165) is 19.3 Å². The monoisotopic (exact) mass is 253 g/mol. The lowest BCUT2D eigenvalue weighted by Gasteiger charge is -2.36. The molecular weight excluding hydrogens is 234 g/mol. The Hall–Kier alpha value is -1.14. The highest BCUT2D eigenvalue weighted by molar-refractivity contribution is 5.88. The lowest BCUT2D eigenvalue weighted by molar-refractivity contribution is -0.150. The van der Waals surface area contributed by atoms with Crippen LogP contribution in [0.3, 0.4) is 0 Å². The zero-order chi connectivity index (χ0) is 12.7. The molecule has 3 aliphatic heterocycles. The maximum atomic E-state index is 12.5. The first-order chi connectivity index (χ1) is 8.66. The van der Waals surface area contributed by atoms with E-state index >= 15 is 0 Å². The lowest BCUT2D eigenvalue weighted by Crippen LogP contribution is -2.57. The van der Waals surface area contributed by atoms with Crippen molar-refractivity contribution in [1.82, 2.24) is 10.2 Å². The molecule has 3 aliphatic rings. The van der Waals surface area contributed by atoms with Crippen LogP contribution in [0.4, 0.5) is 0 Å². The number of morpholine rings is 1. The van der Waals surface area contributed by atoms with Gasteiger partial charge in [0.1, 0.15) is 6.04 Å². The SMILES string of the molecule is NC(=O)C1COCCN1C(=O)C1CC2CCC1N2. The van der Waals surface area contributed by atoms with Crippen LogP contribution in [-0.2, 0) is 14.3 Å². The van der Waals surface area contributed by atoms with Gasteiger partial charge in [0.2, 0.25) is 11.8 Å². The Balaban J connectivity index is 1.72. The third-order valence-electron chi connectivity index (χ3n) is 4.36. The van der Waals surface area contributed by atoms with Gasteiger partial charge in [-0.25, -0.2) is 0 Å². The van der Waals surface area contributed by atoms with Crippen molar-refractivity contribution in [2.24, 2.45) is 11.7 Å². The number of fused-ring (bicyclic) bond motifs is 2. The van der Waals surface area contributed by atoms with Gasteiger partial charge in [0.05, 0.1) is 19.1 Å². The maximum absolute atomic E-state index is 12.5. The maximum Gasteiger partial charge on any atom is 0.242 e. The summed E-state index contributed by atoms with van der Waals surface area (Å²) in [5, 5.41) is 3.45. The van der Waals surface area contributed by atoms with Crippen molar-refractivity contribution in [3.8, 4) is 0 Å². The van der Waals surface area contributed by atoms with Crippen LogP contribution in [0, 0.1) is 5.92 Å². The van der Waals surface area contributed by atoms with Crippen LogP contribution in [0.25, 0.3) is 0 Å². The standard InChI is InChI=1S/C12H19N3O3/c13-11(16)10-6-18-4-3-15(10)12(17)8-5-7-1-2-9(8)14-7/h7-10,14H,1-6H2,(H2,13,16). The van der Waals surface area contributed by atoms with E-state index < -0.39 is 11.9 Å². The fraction of sp³-hybridized carbons (Fsp3) is 0.833. The van der Waals surface area contributed by atoms with Gasteiger partial charge >= 0.3 is 0 Å². The van der Waals surface area contributed by atoms with E-state index in [4.69, 9.17) is 10.5 Å². The second kappa shape index (κ2) is 4.51. The number of nitrogens with two attached hydrogens (primary N) is 1. The normalized spacial score (nSPS) is 39.0. The average Bonchev–Trinajstić information content (AvgIpc) is 3.00. The number of primary amides is 1. The number of ether oxygens (including phenoxy) is 1. The van der Waals surface area contributed by atoms with Crippen molar-refractivity contribution in [3.05, 3.63) is 0 Å². The van der Waals surface area contributed by atoms with E-state index in [2.05, 4.69) is 5.32 Å². The molecule has 4 atom stereocenters. The van der Waals surface area contributed by atoms with Gasteiger partial charge < -0.3 is 20.7 Å². The minimum atomic E-state index is -0.592. The summed E-state index contributed by atoms with van der Waals surface area (Å²) >= 11 is 0. The topological polar surface area (TPSA) is 84.7 Å². The number of hydrogen-bond donors (Lipinski definition) is 2. The molecule has 0 aromatic rings. The second-order valence-corrected chi connectivity index (χ2v) is 5.41. The molecule has 3 heterocycles. The van der Waals surface area contributed by atoms with Crippen LogP contribution < -0.4 is 11.1 Å². The van der Waals surface area contributed by atoms with E-state index in [-0.39, 0.29) is 18.4 Å². The van der Waals surface area contributed by atoms with Crippen molar-refractivity contribution in [3.63, 3.8) is 0 Å². The number of amides is 2. The summed E-state index contributed by atoms with van der Waals surface area (Å²) < 4.78 is 5.24. The Kier molecular flexibility index (Phi) is 2.99. The molecule has 100 valence electrons. The minimum Gasteiger partial charge on any atom is -0.377 e. The first-order valence-corrected chi connectivity index (χ1v) is 6.60. The van der Waals surface area contributed by atoms with E-state index in [0.29, 0.717) is 25.2 Å². The highest BCUT2D eigenvalue weighted by Gasteiger charge is 2.46. The molecule has 0 aromatic heterocycles. The molecular formula is C12H19N3O3. The van der Waals surface area contributed by atoms with Gasteiger partial charge in [-0.05, 0) is 19.3 Å². The molecule has 0 spiro atoms. The Labute approximate surface area is 106 Å². The fourth-order valence-electron chi connectivity index (χ4n) is 3.41. The van der Waals surface area contributed by atoms with Crippen LogP contribution in [0.2, 0.25) is 0 Å². The third kappa shape index (κ3) is 1.89. The number of rotatable bonds is 2. The van der Waals surface area contributed by atoms with Gasteiger partial charge in [0.25, 0.3) is 0 Å². The highest BCUT2D eigenvalue weighted by atomic mass is 16.5. The molecule has 0 radical (unpaired) electrons. The van der Waals surface area contributed by atoms with E-state index in [1.54, 1.807) is 4.90 Å². The highest BCUT2D eigenvalue weighted by Crippen LogP contribution is 2.34. The quantitative estimate of drug-likeness (QED) is 0.650. The van der Waals surface area contributed by atoms with E-state index in [9.17, 15) is 9.59 Å². The summed E-state index contributed by atoms with van der Waals surface area (Å²) in [7, 11) is 0. The van der Waals surface area contributed by atoms with Crippen molar-refractivity contribution in [2.75, 3.05) is 19.8 Å². The molecule has 0 saturated carbocycles. The predicted octanol–water partition coefficient (Wildman–Crippen LogP) is -1.16. The van der Waals surface area contributed by atoms with Gasteiger partial charge in [0.15, 0.2) is 0 Å². The first kappa shape index (κ1) is 11.9. The van der Waals surface area contributed by atoms with Gasteiger partial charge in [-0.2, -0.15) is 0 Å². The summed E-state index contributed by atoms with van der Waals surface area (Å²) in [5.74, 6) is -0.385. The second-order valence-electron chi connectivity index (χ2n) is 5.41. The molecule has 18 heavy (non-hydrogen) atoms. The van der Waals surface area contributed by atoms with E-state index in [1.165, 1.54) is 0 Å². The molecule has 2 bridgehead atoms. The zero-order valence-electron chi connectivity index (χ0n) is 10.3. The predicted molar refractivity (Wildman–Crippen MR) is 63.6 cm³/mol. The van der Waals surface area contributed by atoms with Crippen molar-refractivity contribution < 1.29 is 14.3 Å². The summed E-state index contributed by atoms with van der Waals surface area (Å²) in [5.41, 5.74) is 5.34. The molecule has 6 heteroatoms. The van der Waals surface area contributed by atoms with Crippen molar-refractivity contribution in [2.45, 2.75) is 37.4 Å². The van der Waals surface area contributed by atoms with Crippen molar-refractivity contribution >= 4 is 11.8 Å². The number of nitrogens with one attached hydrogen (secondary N) is 1. The molecule has 3 N–H and O–H groups in total. The number of carbonyl (C=O) groups excluding carboxylic acids is 2. The fourth-order valence-corrected chi connectivity index (χ4v) is 3.41. The lowest BCUT2D eigenvalue weighted by atomic mass is 9.87. The smallest absolute Gasteiger partial charge is 0.242 e. The first-order valence-electron chi connectivity index (χ1n) is 6.60. The summed E-state index contributed by atoms with van der Waals surface area (Å²) in [6, 6.07) is 0.182. The summed E-state index contributed by atoms with van der Waals surface area (Å²) in [6.07, 6.45) is 3.12. The minimum absolute atomic E-state index is 0.0173. The molecule has 3 rings (SSSR count). The Morgan fingerprint density at radius 2 is 2.17 bits per heavy atom. The van der Waals surface area contributed by atoms with Crippen LogP contribution in [0.5, 0.6) is 0 Å². The van der Waals surface area contributed by atoms with Gasteiger partial charge in [-0.15, -0.1) is 0 Å². The third-order valence-corrected chi connectivity index (χ3v) is 4.36. The summed E-state index contributed by atoms with van der Waals surface area (Å²) in [6.45, 7) is 1.19. The van der Waals surface area contributed by atoms with Crippen LogP contribution in [0.1, 0.15) is 19.3 Å². The Morgan fingerprint density at radius 1 is 1.33 bits per heavy atom. The Bertz CT molecular complexity index is 374. The molecule has 4 unspecified atom stereocenters. The molecule has 3 saturated heterocycles. The molecule has 0 aliphatic carbocycles. The molecule has 3 fully saturated rings. The van der Waals surface area contributed by atoms with Crippen LogP contribution in [-0.4, -0.2) is 54.6 Å².